The van der Waals surface area contributed by atoms with E-state index in [1.54, 1.807) is 0 Å². The van der Waals surface area contributed by atoms with Crippen molar-refractivity contribution in [2.45, 2.75) is 13.1 Å². The minimum Gasteiger partial charge on any atom is -0.357 e. The molecule has 0 aliphatic heterocycles. The molecule has 0 fully saturated rings. The van der Waals surface area contributed by atoms with Crippen LogP contribution in [0.1, 0.15) is 6.92 Å². The van der Waals surface area contributed by atoms with Crippen LogP contribution < -0.4 is 10.2 Å². The Morgan fingerprint density at radius 1 is 1.53 bits per heavy atom. The van der Waals surface area contributed by atoms with Crippen molar-refractivity contribution in [3.8, 4) is 0 Å². The summed E-state index contributed by atoms with van der Waals surface area (Å²) in [7, 11) is 1.46. The summed E-state index contributed by atoms with van der Waals surface area (Å²) in [6.45, 7) is 0.0711. The monoisotopic (exact) mass is 279 g/mol. The van der Waals surface area contributed by atoms with Gasteiger partial charge in [-0.25, -0.2) is 4.98 Å². The smallest absolute Gasteiger partial charge is 0.357 e. The highest BCUT2D eigenvalue weighted by molar-refractivity contribution is 5.58. The zero-order chi connectivity index (χ0) is 14.6. The first-order valence-corrected chi connectivity index (χ1v) is 5.29. The summed E-state index contributed by atoms with van der Waals surface area (Å²) < 4.78 is 37.3. The number of alkyl halides is 3. The highest BCUT2D eigenvalue weighted by atomic mass is 19.4. The lowest BCUT2D eigenvalue weighted by atomic mass is 10.4. The molecule has 0 bridgehead atoms. The quantitative estimate of drug-likeness (QED) is 0.653. The van der Waals surface area contributed by atoms with Crippen LogP contribution in [0.5, 0.6) is 0 Å². The van der Waals surface area contributed by atoms with Crippen LogP contribution in [0.3, 0.4) is 0 Å². The molecule has 0 atom stereocenters. The van der Waals surface area contributed by atoms with Gasteiger partial charge in [-0.1, -0.05) is 0 Å². The van der Waals surface area contributed by atoms with Gasteiger partial charge in [-0.2, -0.15) is 18.2 Å². The van der Waals surface area contributed by atoms with Crippen molar-refractivity contribution in [2.24, 2.45) is 0 Å². The van der Waals surface area contributed by atoms with Gasteiger partial charge in [0.15, 0.2) is 0 Å². The molecule has 1 aromatic rings. The summed E-state index contributed by atoms with van der Waals surface area (Å²) in [5, 5.41) is 13.3. The molecule has 0 saturated heterocycles. The first-order valence-electron chi connectivity index (χ1n) is 5.29. The molecule has 0 spiro atoms. The second-order valence-electron chi connectivity index (χ2n) is 3.54. The lowest BCUT2D eigenvalue weighted by Gasteiger charge is -2.22. The highest BCUT2D eigenvalue weighted by Gasteiger charge is 2.33. The van der Waals surface area contributed by atoms with Crippen LogP contribution in [0.15, 0.2) is 6.20 Å². The van der Waals surface area contributed by atoms with Crippen LogP contribution in [0, 0.1) is 10.1 Å². The van der Waals surface area contributed by atoms with E-state index in [2.05, 4.69) is 15.3 Å². The van der Waals surface area contributed by atoms with Crippen molar-refractivity contribution in [1.82, 2.24) is 9.97 Å². The lowest BCUT2D eigenvalue weighted by Crippen LogP contribution is -2.35. The molecule has 0 unspecified atom stereocenters. The van der Waals surface area contributed by atoms with Crippen molar-refractivity contribution in [3.05, 3.63) is 16.3 Å². The number of anilines is 2. The molecule has 0 saturated carbocycles. The number of hydrogen-bond donors (Lipinski definition) is 1. The molecular weight excluding hydrogens is 267 g/mol. The van der Waals surface area contributed by atoms with E-state index in [1.807, 2.05) is 0 Å². The third-order valence-corrected chi connectivity index (χ3v) is 2.22. The van der Waals surface area contributed by atoms with Crippen LogP contribution in [0.25, 0.3) is 0 Å². The predicted octanol–water partition coefficient (Wildman–Crippen LogP) is 1.82. The summed E-state index contributed by atoms with van der Waals surface area (Å²) in [5.74, 6) is -0.342. The lowest BCUT2D eigenvalue weighted by molar-refractivity contribution is -0.384. The van der Waals surface area contributed by atoms with E-state index in [0.717, 1.165) is 11.1 Å². The Labute approximate surface area is 106 Å². The number of hydrogen-bond acceptors (Lipinski definition) is 6. The van der Waals surface area contributed by atoms with Crippen molar-refractivity contribution in [1.29, 1.82) is 0 Å². The SMILES string of the molecule is CCN(CC(F)(F)F)c1nc(NC)ncc1[N+](=O)[O-]. The number of rotatable bonds is 5. The first-order chi connectivity index (χ1) is 8.78. The Balaban J connectivity index is 3.23. The maximum absolute atomic E-state index is 12.4. The number of halogens is 3. The average Bonchev–Trinajstić information content (AvgIpc) is 2.33. The molecule has 0 aromatic carbocycles. The molecule has 1 rings (SSSR count). The second kappa shape index (κ2) is 5.67. The fraction of sp³-hybridized carbons (Fsp3) is 0.556. The van der Waals surface area contributed by atoms with Gasteiger partial charge in [-0.15, -0.1) is 0 Å². The van der Waals surface area contributed by atoms with Gasteiger partial charge in [0.25, 0.3) is 0 Å². The minimum atomic E-state index is -4.48. The third kappa shape index (κ3) is 3.93. The zero-order valence-electron chi connectivity index (χ0n) is 10.2. The Hall–Kier alpha value is -2.13. The maximum atomic E-state index is 12.4. The van der Waals surface area contributed by atoms with Gasteiger partial charge in [0.05, 0.1) is 4.92 Å². The molecule has 1 heterocycles. The van der Waals surface area contributed by atoms with Crippen molar-refractivity contribution < 1.29 is 18.1 Å². The van der Waals surface area contributed by atoms with Crippen LogP contribution >= 0.6 is 0 Å². The van der Waals surface area contributed by atoms with Crippen LogP contribution in [0.2, 0.25) is 0 Å². The minimum absolute atomic E-state index is 0.0150. The fourth-order valence-electron chi connectivity index (χ4n) is 1.40. The van der Waals surface area contributed by atoms with E-state index in [1.165, 1.54) is 14.0 Å². The number of nitro groups is 1. The molecule has 7 nitrogen and oxygen atoms in total. The van der Waals surface area contributed by atoms with E-state index in [-0.39, 0.29) is 18.3 Å². The summed E-state index contributed by atoms with van der Waals surface area (Å²) in [5.41, 5.74) is -0.565. The Bertz CT molecular complexity index is 466. The average molecular weight is 279 g/mol. The highest BCUT2D eigenvalue weighted by Crippen LogP contribution is 2.28. The zero-order valence-corrected chi connectivity index (χ0v) is 10.2. The topological polar surface area (TPSA) is 84.2 Å². The summed E-state index contributed by atoms with van der Waals surface area (Å²) in [6, 6.07) is 0. The van der Waals surface area contributed by atoms with Gasteiger partial charge >= 0.3 is 11.9 Å². The Morgan fingerprint density at radius 3 is 2.58 bits per heavy atom. The van der Waals surface area contributed by atoms with Gasteiger partial charge in [0, 0.05) is 13.6 Å². The molecule has 19 heavy (non-hydrogen) atoms. The van der Waals surface area contributed by atoms with Gasteiger partial charge in [0.1, 0.15) is 12.7 Å². The number of nitrogens with zero attached hydrogens (tertiary/aromatic N) is 4. The molecule has 0 amide bonds. The van der Waals surface area contributed by atoms with Crippen LogP contribution in [-0.4, -0.2) is 41.2 Å². The molecular formula is C9H12F3N5O2. The standard InChI is InChI=1S/C9H12F3N5O2/c1-3-16(5-9(10,11)12)7-6(17(18)19)4-14-8(13-2)15-7/h4H,3,5H2,1-2H3,(H,13,14,15). The molecule has 106 valence electrons. The third-order valence-electron chi connectivity index (χ3n) is 2.22. The first kappa shape index (κ1) is 14.9. The van der Waals surface area contributed by atoms with Gasteiger partial charge < -0.3 is 10.2 Å². The van der Waals surface area contributed by atoms with Gasteiger partial charge in [-0.3, -0.25) is 10.1 Å². The van der Waals surface area contributed by atoms with Crippen molar-refractivity contribution >= 4 is 17.5 Å². The van der Waals surface area contributed by atoms with Gasteiger partial charge in [-0.05, 0) is 6.92 Å². The van der Waals surface area contributed by atoms with Gasteiger partial charge in [0.2, 0.25) is 11.8 Å². The van der Waals surface area contributed by atoms with E-state index in [4.69, 9.17) is 0 Å². The fourth-order valence-corrected chi connectivity index (χ4v) is 1.40. The molecule has 10 heteroatoms. The van der Waals surface area contributed by atoms with E-state index in [0.29, 0.717) is 0 Å². The largest absolute Gasteiger partial charge is 0.405 e. The summed E-state index contributed by atoms with van der Waals surface area (Å²) >= 11 is 0. The number of aromatic nitrogens is 2. The van der Waals surface area contributed by atoms with E-state index in [9.17, 15) is 23.3 Å². The second-order valence-corrected chi connectivity index (χ2v) is 3.54. The van der Waals surface area contributed by atoms with Crippen LogP contribution in [-0.2, 0) is 0 Å². The van der Waals surface area contributed by atoms with E-state index >= 15 is 0 Å². The molecule has 1 N–H and O–H groups in total. The molecule has 0 aliphatic rings. The van der Waals surface area contributed by atoms with Crippen molar-refractivity contribution in [2.75, 3.05) is 30.4 Å². The van der Waals surface area contributed by atoms with Crippen LogP contribution in [0.4, 0.5) is 30.6 Å². The summed E-state index contributed by atoms with van der Waals surface area (Å²) in [6.07, 6.45) is -3.60. The maximum Gasteiger partial charge on any atom is 0.405 e. The molecule has 1 aromatic heterocycles. The van der Waals surface area contributed by atoms with Crippen molar-refractivity contribution in [3.63, 3.8) is 0 Å². The summed E-state index contributed by atoms with van der Waals surface area (Å²) in [4.78, 5) is 18.1. The normalized spacial score (nSPS) is 11.2. The predicted molar refractivity (Wildman–Crippen MR) is 62.2 cm³/mol. The molecule has 0 aliphatic carbocycles. The Morgan fingerprint density at radius 2 is 2.16 bits per heavy atom. The molecule has 0 radical (unpaired) electrons. The Kier molecular flexibility index (Phi) is 4.46. The number of nitrogens with one attached hydrogen (secondary N) is 1. The van der Waals surface area contributed by atoms with E-state index < -0.39 is 23.3 Å².